The highest BCUT2D eigenvalue weighted by Gasteiger charge is 2.17. The zero-order valence-corrected chi connectivity index (χ0v) is 18.0. The van der Waals surface area contributed by atoms with E-state index < -0.39 is 0 Å². The summed E-state index contributed by atoms with van der Waals surface area (Å²) in [4.78, 5) is 26.2. The second-order valence-corrected chi connectivity index (χ2v) is 6.98. The highest BCUT2D eigenvalue weighted by atomic mass is 16.5. The molecule has 2 aromatic heterocycles. The van der Waals surface area contributed by atoms with Gasteiger partial charge in [0.05, 0.1) is 23.9 Å². The Bertz CT molecular complexity index is 1270. The van der Waals surface area contributed by atoms with Gasteiger partial charge < -0.3 is 14.8 Å². The average molecular weight is 426 g/mol. The molecule has 160 valence electrons. The van der Waals surface area contributed by atoms with E-state index in [2.05, 4.69) is 20.3 Å². The van der Waals surface area contributed by atoms with Crippen LogP contribution in [0.5, 0.6) is 17.4 Å². The number of ether oxygens (including phenoxy) is 2. The fraction of sp³-hybridized carbons (Fsp3) is 0.120. The van der Waals surface area contributed by atoms with Gasteiger partial charge in [0, 0.05) is 25.0 Å². The molecule has 0 unspecified atom stereocenters. The number of hydrogen-bond acceptors (Lipinski definition) is 7. The lowest BCUT2D eigenvalue weighted by Gasteiger charge is -2.13. The average Bonchev–Trinajstić information content (AvgIpc) is 2.85. The summed E-state index contributed by atoms with van der Waals surface area (Å²) < 4.78 is 11.5. The van der Waals surface area contributed by atoms with E-state index in [1.54, 1.807) is 56.9 Å². The molecule has 32 heavy (non-hydrogen) atoms. The Hall–Kier alpha value is -4.26. The minimum absolute atomic E-state index is 0.150. The van der Waals surface area contributed by atoms with Crippen LogP contribution < -0.4 is 14.8 Å². The highest BCUT2D eigenvalue weighted by molar-refractivity contribution is 6.11. The summed E-state index contributed by atoms with van der Waals surface area (Å²) in [6, 6.07) is 18.0. The molecule has 0 aliphatic rings. The van der Waals surface area contributed by atoms with Gasteiger partial charge in [0.25, 0.3) is 0 Å². The zero-order chi connectivity index (χ0) is 22.5. The van der Waals surface area contributed by atoms with E-state index in [9.17, 15) is 4.79 Å². The van der Waals surface area contributed by atoms with E-state index in [1.165, 1.54) is 0 Å². The van der Waals surface area contributed by atoms with Crippen LogP contribution in [0.3, 0.4) is 0 Å². The topological polar surface area (TPSA) is 86.2 Å². The number of methoxy groups -OCH3 is 1. The molecule has 0 amide bonds. The van der Waals surface area contributed by atoms with Gasteiger partial charge in [-0.1, -0.05) is 24.3 Å². The molecule has 0 fully saturated rings. The first-order valence-electron chi connectivity index (χ1n) is 10.0. The second-order valence-electron chi connectivity index (χ2n) is 6.98. The molecular formula is C25H22N4O3. The second kappa shape index (κ2) is 9.26. The van der Waals surface area contributed by atoms with Crippen molar-refractivity contribution in [3.8, 4) is 28.6 Å². The Labute approximate surface area is 186 Å². The standard InChI is InChI=1S/C25H22N4O3/c1-16-10-11-17(23(30)19-7-4-5-9-21(19)31-3)15-22(16)32-24-18(8-6-13-27-24)20-12-14-28-25(26-2)29-20/h4-15H,1-3H3,(H,26,28,29). The summed E-state index contributed by atoms with van der Waals surface area (Å²) in [5.74, 6) is 1.80. The van der Waals surface area contributed by atoms with Crippen LogP contribution in [0.25, 0.3) is 11.3 Å². The molecule has 2 heterocycles. The van der Waals surface area contributed by atoms with E-state index in [4.69, 9.17) is 9.47 Å². The smallest absolute Gasteiger partial charge is 0.228 e. The number of hydrogen-bond donors (Lipinski definition) is 1. The minimum atomic E-state index is -0.150. The van der Waals surface area contributed by atoms with Crippen molar-refractivity contribution in [2.24, 2.45) is 0 Å². The van der Waals surface area contributed by atoms with Crippen LogP contribution >= 0.6 is 0 Å². The number of benzene rings is 2. The lowest BCUT2D eigenvalue weighted by molar-refractivity contribution is 0.103. The van der Waals surface area contributed by atoms with E-state index in [0.29, 0.717) is 45.7 Å². The number of aryl methyl sites for hydroxylation is 1. The van der Waals surface area contributed by atoms with E-state index in [0.717, 1.165) is 5.56 Å². The summed E-state index contributed by atoms with van der Waals surface area (Å²) in [6.07, 6.45) is 3.32. The number of para-hydroxylation sites is 1. The molecule has 0 aliphatic heterocycles. The van der Waals surface area contributed by atoms with E-state index >= 15 is 0 Å². The molecular weight excluding hydrogens is 404 g/mol. The maximum absolute atomic E-state index is 13.1. The molecule has 0 atom stereocenters. The van der Waals surface area contributed by atoms with Crippen LogP contribution in [-0.4, -0.2) is 34.9 Å². The predicted molar refractivity (Wildman–Crippen MR) is 122 cm³/mol. The number of rotatable bonds is 7. The maximum atomic E-state index is 13.1. The Morgan fingerprint density at radius 1 is 0.938 bits per heavy atom. The molecule has 0 bridgehead atoms. The van der Waals surface area contributed by atoms with Gasteiger partial charge in [-0.3, -0.25) is 4.79 Å². The summed E-state index contributed by atoms with van der Waals surface area (Å²) in [5, 5.41) is 2.93. The van der Waals surface area contributed by atoms with Gasteiger partial charge in [-0.25, -0.2) is 15.0 Å². The number of ketones is 1. The molecule has 4 rings (SSSR count). The molecule has 0 aliphatic carbocycles. The lowest BCUT2D eigenvalue weighted by Crippen LogP contribution is -2.05. The van der Waals surface area contributed by atoms with Gasteiger partial charge >= 0.3 is 0 Å². The van der Waals surface area contributed by atoms with Crippen molar-refractivity contribution in [3.05, 3.63) is 89.7 Å². The third kappa shape index (κ3) is 4.27. The van der Waals surface area contributed by atoms with Crippen LogP contribution in [0.1, 0.15) is 21.5 Å². The Balaban J connectivity index is 1.70. The molecule has 1 N–H and O–H groups in total. The van der Waals surface area contributed by atoms with Crippen LogP contribution in [0.2, 0.25) is 0 Å². The summed E-state index contributed by atoms with van der Waals surface area (Å²) >= 11 is 0. The third-order valence-electron chi connectivity index (χ3n) is 4.93. The first-order valence-corrected chi connectivity index (χ1v) is 10.0. The molecule has 0 saturated carbocycles. The molecule has 2 aromatic carbocycles. The summed E-state index contributed by atoms with van der Waals surface area (Å²) in [6.45, 7) is 1.92. The van der Waals surface area contributed by atoms with Crippen molar-refractivity contribution in [2.45, 2.75) is 6.92 Å². The van der Waals surface area contributed by atoms with Crippen molar-refractivity contribution in [1.29, 1.82) is 0 Å². The summed E-state index contributed by atoms with van der Waals surface area (Å²) in [5.41, 5.74) is 3.24. The lowest BCUT2D eigenvalue weighted by atomic mass is 10.0. The fourth-order valence-electron chi connectivity index (χ4n) is 3.24. The highest BCUT2D eigenvalue weighted by Crippen LogP contribution is 2.33. The van der Waals surface area contributed by atoms with Crippen molar-refractivity contribution in [1.82, 2.24) is 15.0 Å². The number of nitrogens with zero attached hydrogens (tertiary/aromatic N) is 3. The first-order chi connectivity index (χ1) is 15.6. The van der Waals surface area contributed by atoms with Crippen molar-refractivity contribution >= 4 is 11.7 Å². The van der Waals surface area contributed by atoms with E-state index in [-0.39, 0.29) is 5.78 Å². The van der Waals surface area contributed by atoms with Gasteiger partial charge in [0.15, 0.2) is 5.78 Å². The molecule has 0 radical (unpaired) electrons. The maximum Gasteiger partial charge on any atom is 0.228 e. The van der Waals surface area contributed by atoms with Crippen LogP contribution in [0, 0.1) is 6.92 Å². The van der Waals surface area contributed by atoms with Crippen molar-refractivity contribution < 1.29 is 14.3 Å². The number of anilines is 1. The number of aromatic nitrogens is 3. The van der Waals surface area contributed by atoms with Gasteiger partial charge in [0.2, 0.25) is 11.8 Å². The number of carbonyl (C=O) groups is 1. The summed E-state index contributed by atoms with van der Waals surface area (Å²) in [7, 11) is 3.30. The van der Waals surface area contributed by atoms with Gasteiger partial charge in [-0.05, 0) is 48.9 Å². The fourth-order valence-corrected chi connectivity index (χ4v) is 3.24. The third-order valence-corrected chi connectivity index (χ3v) is 4.93. The Kier molecular flexibility index (Phi) is 6.07. The SMILES string of the molecule is CNc1nccc(-c2cccnc2Oc2cc(C(=O)c3ccccc3OC)ccc2C)n1. The zero-order valence-electron chi connectivity index (χ0n) is 18.0. The molecule has 7 heteroatoms. The molecule has 0 spiro atoms. The van der Waals surface area contributed by atoms with Gasteiger partial charge in [0.1, 0.15) is 11.5 Å². The normalized spacial score (nSPS) is 10.5. The number of carbonyl (C=O) groups excluding carboxylic acids is 1. The monoisotopic (exact) mass is 426 g/mol. The predicted octanol–water partition coefficient (Wildman–Crippen LogP) is 4.92. The number of pyridine rings is 1. The van der Waals surface area contributed by atoms with E-state index in [1.807, 2.05) is 37.3 Å². The van der Waals surface area contributed by atoms with Crippen LogP contribution in [0.15, 0.2) is 73.1 Å². The van der Waals surface area contributed by atoms with Crippen LogP contribution in [0.4, 0.5) is 5.95 Å². The largest absolute Gasteiger partial charge is 0.496 e. The minimum Gasteiger partial charge on any atom is -0.496 e. The molecule has 4 aromatic rings. The molecule has 0 saturated heterocycles. The quantitative estimate of drug-likeness (QED) is 0.420. The van der Waals surface area contributed by atoms with Crippen LogP contribution in [-0.2, 0) is 0 Å². The Morgan fingerprint density at radius 3 is 2.59 bits per heavy atom. The first kappa shape index (κ1) is 21.0. The van der Waals surface area contributed by atoms with Crippen molar-refractivity contribution in [3.63, 3.8) is 0 Å². The molecule has 7 nitrogen and oxygen atoms in total. The van der Waals surface area contributed by atoms with Gasteiger partial charge in [-0.15, -0.1) is 0 Å². The number of nitrogens with one attached hydrogen (secondary N) is 1. The Morgan fingerprint density at radius 2 is 1.78 bits per heavy atom. The van der Waals surface area contributed by atoms with Gasteiger partial charge in [-0.2, -0.15) is 0 Å². The van der Waals surface area contributed by atoms with Crippen molar-refractivity contribution in [2.75, 3.05) is 19.5 Å².